The normalized spacial score (nSPS) is 12.2. The van der Waals surface area contributed by atoms with E-state index in [9.17, 15) is 10.1 Å². The van der Waals surface area contributed by atoms with Crippen LogP contribution < -0.4 is 5.32 Å². The van der Waals surface area contributed by atoms with E-state index < -0.39 is 5.91 Å². The maximum Gasteiger partial charge on any atom is 0.292 e. The Kier molecular flexibility index (Phi) is 4.61. The van der Waals surface area contributed by atoms with Crippen molar-refractivity contribution < 1.29 is 9.21 Å². The van der Waals surface area contributed by atoms with Gasteiger partial charge in [-0.25, -0.2) is 9.97 Å². The topological polar surface area (TPSA) is 96.7 Å². The van der Waals surface area contributed by atoms with Gasteiger partial charge in [-0.1, -0.05) is 19.1 Å². The van der Waals surface area contributed by atoms with E-state index in [4.69, 9.17) is 9.40 Å². The third kappa shape index (κ3) is 2.94. The van der Waals surface area contributed by atoms with Crippen LogP contribution in [0.15, 0.2) is 45.5 Å². The number of amides is 1. The summed E-state index contributed by atoms with van der Waals surface area (Å²) in [7, 11) is 0. The van der Waals surface area contributed by atoms with E-state index in [1.807, 2.05) is 42.7 Å². The maximum atomic E-state index is 12.7. The molecule has 0 aliphatic carbocycles. The Labute approximate surface area is 169 Å². The van der Waals surface area contributed by atoms with Crippen molar-refractivity contribution in [1.82, 2.24) is 14.5 Å². The molecular formula is C20H16BrN5O2. The molecule has 0 bridgehead atoms. The molecule has 3 heterocycles. The quantitative estimate of drug-likeness (QED) is 0.482. The van der Waals surface area contributed by atoms with Crippen LogP contribution in [0.5, 0.6) is 0 Å². The van der Waals surface area contributed by atoms with Crippen LogP contribution in [0.25, 0.3) is 22.2 Å². The van der Waals surface area contributed by atoms with Gasteiger partial charge in [-0.15, -0.1) is 0 Å². The summed E-state index contributed by atoms with van der Waals surface area (Å²) in [6, 6.07) is 12.9. The fourth-order valence-corrected chi connectivity index (χ4v) is 3.42. The van der Waals surface area contributed by atoms with E-state index >= 15 is 0 Å². The van der Waals surface area contributed by atoms with E-state index in [1.54, 1.807) is 12.1 Å². The molecule has 0 spiro atoms. The minimum Gasteiger partial charge on any atom is -0.444 e. The highest BCUT2D eigenvalue weighted by molar-refractivity contribution is 9.10. The Morgan fingerprint density at radius 1 is 1.29 bits per heavy atom. The first-order valence-corrected chi connectivity index (χ1v) is 9.60. The Bertz CT molecular complexity index is 1250. The van der Waals surface area contributed by atoms with Crippen LogP contribution in [0.3, 0.4) is 0 Å². The van der Waals surface area contributed by atoms with Crippen molar-refractivity contribution in [2.45, 2.75) is 26.3 Å². The van der Waals surface area contributed by atoms with Crippen molar-refractivity contribution in [2.24, 2.45) is 0 Å². The Morgan fingerprint density at radius 3 is 2.61 bits per heavy atom. The smallest absolute Gasteiger partial charge is 0.292 e. The van der Waals surface area contributed by atoms with Crippen LogP contribution in [-0.4, -0.2) is 20.4 Å². The van der Waals surface area contributed by atoms with Gasteiger partial charge < -0.3 is 14.3 Å². The number of fused-ring (bicyclic) bond motifs is 2. The van der Waals surface area contributed by atoms with Crippen molar-refractivity contribution in [3.05, 3.63) is 52.4 Å². The molecule has 0 aliphatic heterocycles. The summed E-state index contributed by atoms with van der Waals surface area (Å²) in [4.78, 5) is 22.0. The molecule has 8 heteroatoms. The molecule has 1 N–H and O–H groups in total. The van der Waals surface area contributed by atoms with E-state index in [1.165, 1.54) is 0 Å². The number of carbonyl (C=O) groups is 1. The van der Waals surface area contributed by atoms with E-state index in [2.05, 4.69) is 32.3 Å². The number of aromatic nitrogens is 3. The predicted octanol–water partition coefficient (Wildman–Crippen LogP) is 5.03. The largest absolute Gasteiger partial charge is 0.444 e. The molecule has 0 aliphatic rings. The summed E-state index contributed by atoms with van der Waals surface area (Å²) in [5.74, 6) is 0.0709. The molecule has 28 heavy (non-hydrogen) atoms. The van der Waals surface area contributed by atoms with Gasteiger partial charge >= 0.3 is 0 Å². The van der Waals surface area contributed by atoms with Gasteiger partial charge in [0.1, 0.15) is 23.0 Å². The SMILES string of the molecule is CC[C@H](C)n1c(NC(=O)c2ccc(Br)o2)c(C#N)c2nc3ccccc3nc21. The molecule has 0 unspecified atom stereocenters. The molecule has 0 saturated heterocycles. The molecular weight excluding hydrogens is 422 g/mol. The van der Waals surface area contributed by atoms with Gasteiger partial charge in [-0.3, -0.25) is 4.79 Å². The number of nitrogens with one attached hydrogen (secondary N) is 1. The Hall–Kier alpha value is -3.18. The zero-order valence-electron chi connectivity index (χ0n) is 15.2. The van der Waals surface area contributed by atoms with Crippen LogP contribution in [0, 0.1) is 11.3 Å². The number of para-hydroxylation sites is 2. The number of nitrogens with zero attached hydrogens (tertiary/aromatic N) is 4. The average molecular weight is 438 g/mol. The number of nitriles is 1. The second-order valence-electron chi connectivity index (χ2n) is 6.41. The van der Waals surface area contributed by atoms with Crippen molar-refractivity contribution in [1.29, 1.82) is 5.26 Å². The van der Waals surface area contributed by atoms with Crippen LogP contribution >= 0.6 is 15.9 Å². The van der Waals surface area contributed by atoms with Gasteiger partial charge in [0.05, 0.1) is 11.0 Å². The van der Waals surface area contributed by atoms with Gasteiger partial charge in [0, 0.05) is 6.04 Å². The highest BCUT2D eigenvalue weighted by atomic mass is 79.9. The zero-order valence-corrected chi connectivity index (χ0v) is 16.8. The van der Waals surface area contributed by atoms with Gasteiger partial charge in [0.15, 0.2) is 16.1 Å². The number of hydrogen-bond donors (Lipinski definition) is 1. The lowest BCUT2D eigenvalue weighted by Gasteiger charge is -2.16. The summed E-state index contributed by atoms with van der Waals surface area (Å²) in [5.41, 5.74) is 2.75. The van der Waals surface area contributed by atoms with Crippen LogP contribution in [-0.2, 0) is 0 Å². The number of hydrogen-bond acceptors (Lipinski definition) is 5. The molecule has 1 aromatic carbocycles. The number of benzene rings is 1. The molecule has 4 aromatic rings. The zero-order chi connectivity index (χ0) is 19.8. The van der Waals surface area contributed by atoms with Crippen molar-refractivity contribution in [3.8, 4) is 6.07 Å². The third-order valence-corrected chi connectivity index (χ3v) is 5.09. The van der Waals surface area contributed by atoms with Gasteiger partial charge in [0.25, 0.3) is 5.91 Å². The lowest BCUT2D eigenvalue weighted by molar-refractivity contribution is 0.0994. The van der Waals surface area contributed by atoms with Crippen LogP contribution in [0.1, 0.15) is 42.4 Å². The lowest BCUT2D eigenvalue weighted by Crippen LogP contribution is -2.17. The minimum absolute atomic E-state index is 0.00120. The summed E-state index contributed by atoms with van der Waals surface area (Å²) in [6.07, 6.45) is 0.790. The van der Waals surface area contributed by atoms with Gasteiger partial charge in [0.2, 0.25) is 0 Å². The second kappa shape index (κ2) is 7.09. The number of halogens is 1. The molecule has 1 atom stereocenters. The first kappa shape index (κ1) is 18.2. The second-order valence-corrected chi connectivity index (χ2v) is 7.19. The summed E-state index contributed by atoms with van der Waals surface area (Å²) >= 11 is 3.19. The monoisotopic (exact) mass is 437 g/mol. The number of rotatable bonds is 4. The third-order valence-electron chi connectivity index (χ3n) is 4.67. The average Bonchev–Trinajstić information content (AvgIpc) is 3.26. The molecule has 0 fully saturated rings. The van der Waals surface area contributed by atoms with Crippen LogP contribution in [0.2, 0.25) is 0 Å². The van der Waals surface area contributed by atoms with E-state index in [0.717, 1.165) is 11.9 Å². The molecule has 140 valence electrons. The fourth-order valence-electron chi connectivity index (χ4n) is 3.11. The lowest BCUT2D eigenvalue weighted by atomic mass is 10.2. The number of anilines is 1. The standard InChI is InChI=1S/C20H16BrN5O2/c1-3-11(2)26-18(25-20(27)15-8-9-16(21)28-15)12(10-22)17-19(26)24-14-7-5-4-6-13(14)23-17/h4-9,11H,3H2,1-2H3,(H,25,27)/t11-/m0/s1. The Balaban J connectivity index is 1.96. The maximum absolute atomic E-state index is 12.7. The molecule has 1 amide bonds. The number of furan rings is 1. The first-order valence-electron chi connectivity index (χ1n) is 8.81. The van der Waals surface area contributed by atoms with Crippen LogP contribution in [0.4, 0.5) is 5.82 Å². The molecule has 4 rings (SSSR count). The van der Waals surface area contributed by atoms with E-state index in [0.29, 0.717) is 27.2 Å². The minimum atomic E-state index is -0.445. The summed E-state index contributed by atoms with van der Waals surface area (Å²) in [6.45, 7) is 4.04. The number of carbonyl (C=O) groups excluding carboxylic acids is 1. The van der Waals surface area contributed by atoms with Crippen molar-refractivity contribution in [2.75, 3.05) is 5.32 Å². The van der Waals surface area contributed by atoms with E-state index in [-0.39, 0.29) is 17.4 Å². The molecule has 0 saturated carbocycles. The predicted molar refractivity (Wildman–Crippen MR) is 109 cm³/mol. The van der Waals surface area contributed by atoms with Crippen molar-refractivity contribution in [3.63, 3.8) is 0 Å². The van der Waals surface area contributed by atoms with Gasteiger partial charge in [-0.05, 0) is 53.5 Å². The summed E-state index contributed by atoms with van der Waals surface area (Å²) < 4.78 is 7.65. The first-order chi connectivity index (χ1) is 13.5. The highest BCUT2D eigenvalue weighted by Gasteiger charge is 2.25. The van der Waals surface area contributed by atoms with Gasteiger partial charge in [-0.2, -0.15) is 5.26 Å². The van der Waals surface area contributed by atoms with Crippen molar-refractivity contribution >= 4 is 49.9 Å². The molecule has 7 nitrogen and oxygen atoms in total. The highest BCUT2D eigenvalue weighted by Crippen LogP contribution is 2.33. The summed E-state index contributed by atoms with van der Waals surface area (Å²) in [5, 5.41) is 12.7. The molecule has 0 radical (unpaired) electrons. The molecule has 3 aromatic heterocycles. The fraction of sp³-hybridized carbons (Fsp3) is 0.200. The Morgan fingerprint density at radius 2 is 2.00 bits per heavy atom.